The van der Waals surface area contributed by atoms with Gasteiger partial charge in [-0.2, -0.15) is 0 Å². The first-order valence-corrected chi connectivity index (χ1v) is 4.29. The van der Waals surface area contributed by atoms with Gasteiger partial charge in [0, 0.05) is 19.3 Å². The lowest BCUT2D eigenvalue weighted by Gasteiger charge is -2.22. The first-order chi connectivity index (χ1) is 6.18. The van der Waals surface area contributed by atoms with Crippen LogP contribution in [0.4, 0.5) is 0 Å². The van der Waals surface area contributed by atoms with Crippen LogP contribution in [0.15, 0.2) is 6.20 Å². The third-order valence-electron chi connectivity index (χ3n) is 2.48. The van der Waals surface area contributed by atoms with Crippen LogP contribution >= 0.6 is 0 Å². The molecule has 0 saturated heterocycles. The molecule has 4 heteroatoms. The van der Waals surface area contributed by atoms with Gasteiger partial charge < -0.3 is 15.0 Å². The monoisotopic (exact) mass is 180 g/mol. The summed E-state index contributed by atoms with van der Waals surface area (Å²) >= 11 is 0. The highest BCUT2D eigenvalue weighted by Crippen LogP contribution is 2.20. The fourth-order valence-electron chi connectivity index (χ4n) is 1.78. The van der Waals surface area contributed by atoms with Crippen LogP contribution in [0.5, 0.6) is 0 Å². The van der Waals surface area contributed by atoms with E-state index in [2.05, 4.69) is 9.88 Å². The molecule has 2 heterocycles. The van der Waals surface area contributed by atoms with E-state index in [-0.39, 0.29) is 0 Å². The van der Waals surface area contributed by atoms with Crippen LogP contribution in [0.3, 0.4) is 0 Å². The first kappa shape index (κ1) is 8.31. The molecule has 0 radical (unpaired) electrons. The van der Waals surface area contributed by atoms with E-state index in [1.54, 1.807) is 6.20 Å². The molecule has 0 unspecified atom stereocenters. The molecule has 4 nitrogen and oxygen atoms in total. The van der Waals surface area contributed by atoms with Gasteiger partial charge in [0.05, 0.1) is 0 Å². The summed E-state index contributed by atoms with van der Waals surface area (Å²) in [6.45, 7) is 1.78. The summed E-state index contributed by atoms with van der Waals surface area (Å²) in [6, 6.07) is 0. The van der Waals surface area contributed by atoms with Crippen LogP contribution in [0.25, 0.3) is 0 Å². The number of nitrogens with zero attached hydrogens (tertiary/aromatic N) is 1. The first-order valence-electron chi connectivity index (χ1n) is 4.29. The molecular weight excluding hydrogens is 168 g/mol. The molecule has 2 N–H and O–H groups in total. The van der Waals surface area contributed by atoms with Crippen molar-refractivity contribution in [1.29, 1.82) is 0 Å². The smallest absolute Gasteiger partial charge is 0.352 e. The number of carbonyl (C=O) groups is 1. The number of nitrogens with one attached hydrogen (secondary N) is 1. The predicted molar refractivity (Wildman–Crippen MR) is 47.8 cm³/mol. The van der Waals surface area contributed by atoms with Gasteiger partial charge in [-0.25, -0.2) is 4.79 Å². The van der Waals surface area contributed by atoms with Crippen molar-refractivity contribution in [2.24, 2.45) is 0 Å². The van der Waals surface area contributed by atoms with Gasteiger partial charge in [0.15, 0.2) is 0 Å². The van der Waals surface area contributed by atoms with Gasteiger partial charge in [-0.05, 0) is 24.6 Å². The van der Waals surface area contributed by atoms with Gasteiger partial charge >= 0.3 is 5.97 Å². The number of aromatic nitrogens is 1. The molecule has 1 aromatic heterocycles. The van der Waals surface area contributed by atoms with Crippen molar-refractivity contribution in [3.05, 3.63) is 23.0 Å². The van der Waals surface area contributed by atoms with Crippen molar-refractivity contribution in [3.63, 3.8) is 0 Å². The highest BCUT2D eigenvalue weighted by Gasteiger charge is 2.20. The Kier molecular flexibility index (Phi) is 1.84. The Morgan fingerprint density at radius 1 is 1.69 bits per heavy atom. The molecule has 13 heavy (non-hydrogen) atoms. The molecule has 0 atom stereocenters. The number of carboxylic acids is 1. The minimum atomic E-state index is -0.856. The van der Waals surface area contributed by atoms with Crippen LogP contribution in [-0.4, -0.2) is 34.6 Å². The van der Waals surface area contributed by atoms with Crippen LogP contribution < -0.4 is 0 Å². The molecule has 2 rings (SSSR count). The minimum absolute atomic E-state index is 0.364. The molecule has 0 bridgehead atoms. The third-order valence-corrected chi connectivity index (χ3v) is 2.48. The lowest BCUT2D eigenvalue weighted by molar-refractivity contribution is 0.0689. The van der Waals surface area contributed by atoms with Gasteiger partial charge in [0.2, 0.25) is 0 Å². The Morgan fingerprint density at radius 2 is 2.46 bits per heavy atom. The van der Waals surface area contributed by atoms with E-state index in [1.165, 1.54) is 0 Å². The fraction of sp³-hybridized carbons (Fsp3) is 0.444. The maximum atomic E-state index is 10.8. The molecule has 70 valence electrons. The van der Waals surface area contributed by atoms with E-state index < -0.39 is 5.97 Å². The Labute approximate surface area is 76.2 Å². The second-order valence-corrected chi connectivity index (χ2v) is 3.46. The third kappa shape index (κ3) is 1.33. The number of rotatable bonds is 1. The molecule has 1 aliphatic heterocycles. The van der Waals surface area contributed by atoms with Crippen molar-refractivity contribution in [2.45, 2.75) is 13.0 Å². The lowest BCUT2D eigenvalue weighted by atomic mass is 10.0. The van der Waals surface area contributed by atoms with Crippen LogP contribution in [0.2, 0.25) is 0 Å². The minimum Gasteiger partial charge on any atom is -0.477 e. The molecule has 0 amide bonds. The van der Waals surface area contributed by atoms with Crippen LogP contribution in [0, 0.1) is 0 Å². The Bertz CT molecular complexity index is 343. The van der Waals surface area contributed by atoms with E-state index in [0.29, 0.717) is 5.69 Å². The number of aromatic carboxylic acids is 1. The highest BCUT2D eigenvalue weighted by molar-refractivity contribution is 5.87. The molecule has 1 aromatic rings. The largest absolute Gasteiger partial charge is 0.477 e. The van der Waals surface area contributed by atoms with Gasteiger partial charge in [0.1, 0.15) is 5.69 Å². The van der Waals surface area contributed by atoms with Crippen molar-refractivity contribution < 1.29 is 9.90 Å². The van der Waals surface area contributed by atoms with E-state index >= 15 is 0 Å². The SMILES string of the molecule is CN1CCc2c(c[nH]c2C(=O)O)C1. The topological polar surface area (TPSA) is 56.3 Å². The number of hydrogen-bond donors (Lipinski definition) is 2. The average Bonchev–Trinajstić information content (AvgIpc) is 2.46. The summed E-state index contributed by atoms with van der Waals surface area (Å²) in [4.78, 5) is 15.8. The number of hydrogen-bond acceptors (Lipinski definition) is 2. The summed E-state index contributed by atoms with van der Waals surface area (Å²) < 4.78 is 0. The number of fused-ring (bicyclic) bond motifs is 1. The Hall–Kier alpha value is -1.29. The molecule has 0 aliphatic carbocycles. The molecule has 0 spiro atoms. The standard InChI is InChI=1S/C9H12N2O2/c1-11-3-2-7-6(5-11)4-10-8(7)9(12)13/h4,10H,2-3,5H2,1H3,(H,12,13). The summed E-state index contributed by atoms with van der Waals surface area (Å²) in [5, 5.41) is 8.85. The number of carboxylic acid groups (broad SMARTS) is 1. The van der Waals surface area contributed by atoms with Crippen molar-refractivity contribution in [3.8, 4) is 0 Å². The molecule has 0 fully saturated rings. The molecule has 0 aromatic carbocycles. The summed E-state index contributed by atoms with van der Waals surface area (Å²) in [7, 11) is 2.04. The van der Waals surface area contributed by atoms with Crippen molar-refractivity contribution >= 4 is 5.97 Å². The highest BCUT2D eigenvalue weighted by atomic mass is 16.4. The van der Waals surface area contributed by atoms with E-state index in [9.17, 15) is 4.79 Å². The summed E-state index contributed by atoms with van der Waals surface area (Å²) in [6.07, 6.45) is 2.63. The van der Waals surface area contributed by atoms with Gasteiger partial charge in [-0.15, -0.1) is 0 Å². The van der Waals surface area contributed by atoms with Gasteiger partial charge in [-0.1, -0.05) is 0 Å². The Morgan fingerprint density at radius 3 is 3.15 bits per heavy atom. The average molecular weight is 180 g/mol. The second-order valence-electron chi connectivity index (χ2n) is 3.46. The predicted octanol–water partition coefficient (Wildman–Crippen LogP) is 0.701. The van der Waals surface area contributed by atoms with Gasteiger partial charge in [-0.3, -0.25) is 0 Å². The lowest BCUT2D eigenvalue weighted by Crippen LogP contribution is -2.26. The maximum absolute atomic E-state index is 10.8. The van der Waals surface area contributed by atoms with Crippen LogP contribution in [0.1, 0.15) is 21.6 Å². The van der Waals surface area contributed by atoms with Crippen LogP contribution in [-0.2, 0) is 13.0 Å². The zero-order valence-electron chi connectivity index (χ0n) is 7.50. The van der Waals surface area contributed by atoms with Crippen molar-refractivity contribution in [2.75, 3.05) is 13.6 Å². The number of aromatic amines is 1. The molecule has 1 aliphatic rings. The summed E-state index contributed by atoms with van der Waals surface area (Å²) in [5.74, 6) is -0.856. The number of likely N-dealkylation sites (N-methyl/N-ethyl adjacent to an activating group) is 1. The van der Waals surface area contributed by atoms with E-state index in [4.69, 9.17) is 5.11 Å². The molecular formula is C9H12N2O2. The normalized spacial score (nSPS) is 17.0. The van der Waals surface area contributed by atoms with Crippen molar-refractivity contribution in [1.82, 2.24) is 9.88 Å². The quantitative estimate of drug-likeness (QED) is 0.669. The maximum Gasteiger partial charge on any atom is 0.352 e. The van der Waals surface area contributed by atoms with E-state index in [1.807, 2.05) is 7.05 Å². The Balaban J connectivity index is 2.39. The number of H-pyrrole nitrogens is 1. The zero-order chi connectivity index (χ0) is 9.42. The molecule has 0 saturated carbocycles. The zero-order valence-corrected chi connectivity index (χ0v) is 7.50. The fourth-order valence-corrected chi connectivity index (χ4v) is 1.78. The second kappa shape index (κ2) is 2.88. The van der Waals surface area contributed by atoms with E-state index in [0.717, 1.165) is 30.6 Å². The van der Waals surface area contributed by atoms with Gasteiger partial charge in [0.25, 0.3) is 0 Å². The summed E-state index contributed by atoms with van der Waals surface area (Å²) in [5.41, 5.74) is 2.46.